The molecule has 4 atom stereocenters. The zero-order chi connectivity index (χ0) is 24.9. The molecule has 1 saturated heterocycles. The molecule has 2 aromatic carbocycles. The first kappa shape index (κ1) is 26.0. The predicted molar refractivity (Wildman–Crippen MR) is 114 cm³/mol. The third-order valence-corrected chi connectivity index (χ3v) is 5.39. The molecule has 0 aliphatic carbocycles. The Kier molecular flexibility index (Phi) is 8.57. The molecule has 2 aromatic rings. The molecule has 6 N–H and O–H groups in total. The van der Waals surface area contributed by atoms with Gasteiger partial charge in [-0.3, -0.25) is 15.4 Å². The number of carbonyl (C=O) groups excluding carboxylic acids is 1. The van der Waals surface area contributed by atoms with Gasteiger partial charge in [0.1, 0.15) is 12.0 Å². The largest absolute Gasteiger partial charge is 0.428 e. The molecule has 8 nitrogen and oxygen atoms in total. The summed E-state index contributed by atoms with van der Waals surface area (Å²) in [7, 11) is 0. The lowest BCUT2D eigenvalue weighted by Gasteiger charge is -2.36. The molecule has 0 radical (unpaired) electrons. The molecule has 0 spiro atoms. The maximum Gasteiger partial charge on any atom is 0.428 e. The Morgan fingerprint density at radius 1 is 1.12 bits per heavy atom. The first-order valence-corrected chi connectivity index (χ1v) is 10.5. The number of halogens is 4. The van der Waals surface area contributed by atoms with Gasteiger partial charge in [-0.1, -0.05) is 24.3 Å². The monoisotopic (exact) mass is 486 g/mol. The van der Waals surface area contributed by atoms with E-state index in [0.717, 1.165) is 0 Å². The highest BCUT2D eigenvalue weighted by molar-refractivity contribution is 5.94. The molecule has 0 aromatic heterocycles. The molecule has 3 rings (SSSR count). The number of carbonyl (C=O) groups is 1. The fourth-order valence-electron chi connectivity index (χ4n) is 3.46. The number of nitrogens with two attached hydrogens (primary N) is 1. The highest BCUT2D eigenvalue weighted by atomic mass is 19.4. The van der Waals surface area contributed by atoms with E-state index >= 15 is 0 Å². The number of nitrogens with one attached hydrogen (secondary N) is 2. The van der Waals surface area contributed by atoms with Crippen LogP contribution in [-0.2, 0) is 4.74 Å². The van der Waals surface area contributed by atoms with Gasteiger partial charge >= 0.3 is 6.18 Å². The van der Waals surface area contributed by atoms with E-state index in [9.17, 15) is 27.5 Å². The quantitative estimate of drug-likeness (QED) is 0.283. The molecule has 4 unspecified atom stereocenters. The van der Waals surface area contributed by atoms with Crippen molar-refractivity contribution >= 4 is 5.91 Å². The van der Waals surface area contributed by atoms with Crippen LogP contribution in [0.5, 0.6) is 0 Å². The van der Waals surface area contributed by atoms with Crippen molar-refractivity contribution in [3.63, 3.8) is 0 Å². The topological polar surface area (TPSA) is 120 Å². The minimum atomic E-state index is -4.85. The fourth-order valence-corrected chi connectivity index (χ4v) is 3.46. The van der Waals surface area contributed by atoms with Gasteiger partial charge in [0.15, 0.2) is 0 Å². The molecule has 1 aliphatic rings. The van der Waals surface area contributed by atoms with Crippen LogP contribution in [0.4, 0.5) is 17.6 Å². The van der Waals surface area contributed by atoms with Crippen LogP contribution in [0.15, 0.2) is 48.5 Å². The second kappa shape index (κ2) is 11.2. The summed E-state index contributed by atoms with van der Waals surface area (Å²) in [5.41, 5.74) is 6.68. The summed E-state index contributed by atoms with van der Waals surface area (Å²) in [6.45, 7) is 1.12. The van der Waals surface area contributed by atoms with E-state index in [-0.39, 0.29) is 30.7 Å². The SMILES string of the molecule is NC(NC(O)C(F)(F)F)c1ccc(C(O)NCC2COCCN2C(=O)c2ccc(F)cc2)cc1. The maximum absolute atomic E-state index is 13.2. The van der Waals surface area contributed by atoms with Crippen molar-refractivity contribution in [3.05, 3.63) is 71.0 Å². The Morgan fingerprint density at radius 3 is 2.35 bits per heavy atom. The van der Waals surface area contributed by atoms with Crippen molar-refractivity contribution in [2.75, 3.05) is 26.3 Å². The van der Waals surface area contributed by atoms with Gasteiger partial charge in [0.2, 0.25) is 6.23 Å². The molecule has 1 heterocycles. The molecule has 0 bridgehead atoms. The lowest BCUT2D eigenvalue weighted by molar-refractivity contribution is -0.216. The van der Waals surface area contributed by atoms with Crippen molar-refractivity contribution in [1.82, 2.24) is 15.5 Å². The summed E-state index contributed by atoms with van der Waals surface area (Å²) in [5.74, 6) is -0.726. The van der Waals surface area contributed by atoms with E-state index in [1.54, 1.807) is 4.90 Å². The van der Waals surface area contributed by atoms with Crippen LogP contribution in [-0.4, -0.2) is 65.8 Å². The van der Waals surface area contributed by atoms with Gasteiger partial charge in [-0.05, 0) is 35.4 Å². The zero-order valence-electron chi connectivity index (χ0n) is 18.0. The number of morpholine rings is 1. The van der Waals surface area contributed by atoms with Gasteiger partial charge in [-0.25, -0.2) is 4.39 Å². The molecule has 0 saturated carbocycles. The average Bonchev–Trinajstić information content (AvgIpc) is 2.82. The fraction of sp³-hybridized carbons (Fsp3) is 0.409. The first-order chi connectivity index (χ1) is 16.1. The van der Waals surface area contributed by atoms with Gasteiger partial charge in [-0.15, -0.1) is 0 Å². The van der Waals surface area contributed by atoms with E-state index in [1.807, 2.05) is 5.32 Å². The molecule has 1 fully saturated rings. The van der Waals surface area contributed by atoms with Crippen molar-refractivity contribution in [1.29, 1.82) is 0 Å². The van der Waals surface area contributed by atoms with Gasteiger partial charge in [0, 0.05) is 18.7 Å². The van der Waals surface area contributed by atoms with E-state index < -0.39 is 30.6 Å². The first-order valence-electron chi connectivity index (χ1n) is 10.5. The molecule has 1 aliphatic heterocycles. The number of hydrogen-bond donors (Lipinski definition) is 5. The standard InChI is InChI=1S/C22H26F4N4O4/c23-16-7-5-15(6-8-16)20(32)30-9-10-34-12-17(30)11-28-19(31)14-3-1-13(2-4-14)18(27)29-21(33)22(24,25)26/h1-8,17-19,21,28-29,31,33H,9-12,27H2. The van der Waals surface area contributed by atoms with Gasteiger partial charge in [0.05, 0.1) is 25.4 Å². The van der Waals surface area contributed by atoms with Gasteiger partial charge < -0.3 is 25.6 Å². The summed E-state index contributed by atoms with van der Waals surface area (Å²) >= 11 is 0. The zero-order valence-corrected chi connectivity index (χ0v) is 18.0. The molecule has 34 heavy (non-hydrogen) atoms. The lowest BCUT2D eigenvalue weighted by Crippen LogP contribution is -2.53. The molecule has 186 valence electrons. The summed E-state index contributed by atoms with van der Waals surface area (Å²) in [5, 5.41) is 24.3. The third kappa shape index (κ3) is 6.72. The van der Waals surface area contributed by atoms with E-state index in [4.69, 9.17) is 15.6 Å². The number of amides is 1. The number of aliphatic hydroxyl groups excluding tert-OH is 2. The Morgan fingerprint density at radius 2 is 1.74 bits per heavy atom. The number of nitrogens with zero attached hydrogens (tertiary/aromatic N) is 1. The Hall–Kier alpha value is -2.61. The van der Waals surface area contributed by atoms with Crippen LogP contribution >= 0.6 is 0 Å². The average molecular weight is 486 g/mol. The number of hydrogen-bond acceptors (Lipinski definition) is 7. The van der Waals surface area contributed by atoms with Crippen LogP contribution in [0.1, 0.15) is 33.9 Å². The Balaban J connectivity index is 1.57. The van der Waals surface area contributed by atoms with E-state index in [1.165, 1.54) is 48.5 Å². The lowest BCUT2D eigenvalue weighted by atomic mass is 10.1. The molecular weight excluding hydrogens is 460 g/mol. The Labute approximate surface area is 193 Å². The van der Waals surface area contributed by atoms with E-state index in [0.29, 0.717) is 24.3 Å². The van der Waals surface area contributed by atoms with Crippen molar-refractivity contribution < 1.29 is 37.3 Å². The normalized spacial score (nSPS) is 19.5. The summed E-state index contributed by atoms with van der Waals surface area (Å²) in [4.78, 5) is 14.4. The number of rotatable bonds is 8. The van der Waals surface area contributed by atoms with Crippen molar-refractivity contribution in [3.8, 4) is 0 Å². The van der Waals surface area contributed by atoms with E-state index in [2.05, 4.69) is 5.32 Å². The predicted octanol–water partition coefficient (Wildman–Crippen LogP) is 1.37. The minimum absolute atomic E-state index is 0.189. The number of alkyl halides is 3. The number of benzene rings is 2. The Bertz CT molecular complexity index is 943. The number of ether oxygens (including phenoxy) is 1. The highest BCUT2D eigenvalue weighted by Gasteiger charge is 2.39. The number of aliphatic hydroxyl groups is 2. The van der Waals surface area contributed by atoms with Crippen molar-refractivity contribution in [2.24, 2.45) is 5.73 Å². The van der Waals surface area contributed by atoms with Crippen LogP contribution < -0.4 is 16.4 Å². The van der Waals surface area contributed by atoms with Gasteiger partial charge in [-0.2, -0.15) is 13.2 Å². The van der Waals surface area contributed by atoms with Gasteiger partial charge in [0.25, 0.3) is 5.91 Å². The highest BCUT2D eigenvalue weighted by Crippen LogP contribution is 2.21. The van der Waals surface area contributed by atoms with Crippen molar-refractivity contribution in [2.45, 2.75) is 30.8 Å². The smallest absolute Gasteiger partial charge is 0.377 e. The molecule has 1 amide bonds. The van der Waals surface area contributed by atoms with Crippen LogP contribution in [0.25, 0.3) is 0 Å². The summed E-state index contributed by atoms with van der Waals surface area (Å²) < 4.78 is 56.0. The summed E-state index contributed by atoms with van der Waals surface area (Å²) in [6.07, 6.45) is -10.0. The second-order valence-electron chi connectivity index (χ2n) is 7.80. The maximum atomic E-state index is 13.2. The molecule has 12 heteroatoms. The van der Waals surface area contributed by atoms with Crippen LogP contribution in [0.2, 0.25) is 0 Å². The van der Waals surface area contributed by atoms with Crippen LogP contribution in [0, 0.1) is 5.82 Å². The second-order valence-corrected chi connectivity index (χ2v) is 7.80. The third-order valence-electron chi connectivity index (χ3n) is 5.39. The molecular formula is C22H26F4N4O4. The van der Waals surface area contributed by atoms with Crippen LogP contribution in [0.3, 0.4) is 0 Å². The minimum Gasteiger partial charge on any atom is -0.377 e. The summed E-state index contributed by atoms with van der Waals surface area (Å²) in [6, 6.07) is 10.6.